The number of amides is 1. The molecule has 0 bridgehead atoms. The Morgan fingerprint density at radius 1 is 1.50 bits per heavy atom. The molecule has 1 aliphatic rings. The van der Waals surface area contributed by atoms with Gasteiger partial charge in [0.2, 0.25) is 0 Å². The number of likely N-dealkylation sites (tertiary alicyclic amines) is 1. The topological polar surface area (TPSA) is 62.6 Å². The van der Waals surface area contributed by atoms with Gasteiger partial charge < -0.3 is 12.7 Å². The number of carbonyl (C=O) groups excluding carboxylic acids is 1. The molecule has 1 fully saturated rings. The number of ether oxygens (including phenoxy) is 1. The minimum absolute atomic E-state index is 0.224. The van der Waals surface area contributed by atoms with Crippen LogP contribution in [0.25, 0.3) is 0 Å². The lowest BCUT2D eigenvalue weighted by Crippen LogP contribution is -2.35. The molecule has 16 heavy (non-hydrogen) atoms. The zero-order chi connectivity index (χ0) is 12.3. The van der Waals surface area contributed by atoms with Gasteiger partial charge in [0.25, 0.3) is 0 Å². The fraction of sp³-hybridized carbons (Fsp3) is 0.800. The lowest BCUT2D eigenvalue weighted by atomic mass is 10.1. The first kappa shape index (κ1) is 13.5. The van der Waals surface area contributed by atoms with E-state index in [2.05, 4.69) is 6.07 Å². The molecule has 1 heterocycles. The number of hydrogen-bond donors (Lipinski definition) is 0. The summed E-state index contributed by atoms with van der Waals surface area (Å²) in [6.45, 7) is 6.23. The summed E-state index contributed by atoms with van der Waals surface area (Å²) in [4.78, 5) is 13.2. The Labute approximate surface area is 109 Å². The fourth-order valence-corrected chi connectivity index (χ4v) is 1.98. The minimum atomic E-state index is -0.511. The van der Waals surface area contributed by atoms with E-state index in [0.29, 0.717) is 13.1 Å². The third kappa shape index (κ3) is 3.49. The predicted octanol–water partition coefficient (Wildman–Crippen LogP) is 2.11. The van der Waals surface area contributed by atoms with Crippen molar-refractivity contribution in [1.82, 2.24) is 4.90 Å². The van der Waals surface area contributed by atoms with E-state index in [1.807, 2.05) is 20.8 Å². The van der Waals surface area contributed by atoms with Gasteiger partial charge in [-0.15, -0.1) is 0 Å². The highest BCUT2D eigenvalue weighted by Crippen LogP contribution is 2.23. The van der Waals surface area contributed by atoms with Crippen molar-refractivity contribution in [2.45, 2.75) is 32.5 Å². The lowest BCUT2D eigenvalue weighted by molar-refractivity contribution is 0.0280. The molecule has 0 aromatic rings. The molecule has 1 amide bonds. The van der Waals surface area contributed by atoms with Crippen molar-refractivity contribution in [3.63, 3.8) is 0 Å². The molecule has 0 radical (unpaired) electrons. The first-order chi connectivity index (χ1) is 7.37. The number of rotatable bonds is 1. The monoisotopic (exact) mass is 338 g/mol. The Kier molecular flexibility index (Phi) is 4.38. The molecular formula is C10H15IN2O3. The molecule has 1 rings (SSSR count). The second kappa shape index (κ2) is 5.19. The van der Waals surface area contributed by atoms with Crippen molar-refractivity contribution >= 4 is 29.1 Å². The first-order valence-electron chi connectivity index (χ1n) is 5.02. The maximum Gasteiger partial charge on any atom is 0.410 e. The fourth-order valence-electron chi connectivity index (χ4n) is 1.46. The molecule has 5 nitrogen and oxygen atoms in total. The Balaban J connectivity index is 2.58. The summed E-state index contributed by atoms with van der Waals surface area (Å²) in [6.07, 6.45) is -0.609. The van der Waals surface area contributed by atoms with Crippen LogP contribution < -0.4 is 0 Å². The standard InChI is InChI=1S/C10H15IN2O3/c1-10(2,3)15-9(14)13-5-7(4-12)8(6-13)16-11/h7-8H,5-6H2,1-3H3. The summed E-state index contributed by atoms with van der Waals surface area (Å²) in [7, 11) is 0. The van der Waals surface area contributed by atoms with Crippen molar-refractivity contribution in [3.05, 3.63) is 0 Å². The zero-order valence-electron chi connectivity index (χ0n) is 9.57. The largest absolute Gasteiger partial charge is 0.444 e. The molecule has 1 saturated heterocycles. The lowest BCUT2D eigenvalue weighted by Gasteiger charge is -2.24. The highest BCUT2D eigenvalue weighted by Gasteiger charge is 2.37. The van der Waals surface area contributed by atoms with E-state index >= 15 is 0 Å². The van der Waals surface area contributed by atoms with Gasteiger partial charge in [-0.1, -0.05) is 0 Å². The molecule has 0 aliphatic carbocycles. The molecule has 90 valence electrons. The average Bonchev–Trinajstić information content (AvgIpc) is 2.57. The van der Waals surface area contributed by atoms with Crippen LogP contribution in [0.3, 0.4) is 0 Å². The van der Waals surface area contributed by atoms with Crippen molar-refractivity contribution in [2.75, 3.05) is 13.1 Å². The average molecular weight is 338 g/mol. The minimum Gasteiger partial charge on any atom is -0.444 e. The second-order valence-corrected chi connectivity index (χ2v) is 5.26. The first-order valence-corrected chi connectivity index (χ1v) is 5.90. The number of hydrogen-bond acceptors (Lipinski definition) is 4. The van der Waals surface area contributed by atoms with Crippen LogP contribution in [0.15, 0.2) is 0 Å². The Morgan fingerprint density at radius 3 is 2.50 bits per heavy atom. The van der Waals surface area contributed by atoms with Gasteiger partial charge in [-0.2, -0.15) is 5.26 Å². The van der Waals surface area contributed by atoms with Crippen molar-refractivity contribution < 1.29 is 12.6 Å². The van der Waals surface area contributed by atoms with Gasteiger partial charge in [0.05, 0.1) is 18.5 Å². The summed E-state index contributed by atoms with van der Waals surface area (Å²) in [6, 6.07) is 2.13. The number of halogens is 1. The van der Waals surface area contributed by atoms with Crippen molar-refractivity contribution in [2.24, 2.45) is 5.92 Å². The Bertz CT molecular complexity index is 308. The van der Waals surface area contributed by atoms with Crippen LogP contribution in [0.5, 0.6) is 0 Å². The summed E-state index contributed by atoms with van der Waals surface area (Å²) in [5, 5.41) is 8.89. The Morgan fingerprint density at radius 2 is 2.12 bits per heavy atom. The van der Waals surface area contributed by atoms with Gasteiger partial charge >= 0.3 is 6.09 Å². The van der Waals surface area contributed by atoms with Gasteiger partial charge in [-0.3, -0.25) is 0 Å². The van der Waals surface area contributed by atoms with E-state index in [1.165, 1.54) is 4.90 Å². The molecule has 0 spiro atoms. The molecule has 0 saturated carbocycles. The smallest absolute Gasteiger partial charge is 0.410 e. The van der Waals surface area contributed by atoms with Crippen LogP contribution >= 0.6 is 23.0 Å². The molecule has 0 N–H and O–H groups in total. The molecule has 1 aliphatic heterocycles. The molecule has 0 aromatic carbocycles. The Hall–Kier alpha value is -0.550. The van der Waals surface area contributed by atoms with Crippen LogP contribution in [0.1, 0.15) is 20.8 Å². The quantitative estimate of drug-likeness (QED) is 0.687. The number of carbonyl (C=O) groups is 1. The van der Waals surface area contributed by atoms with E-state index in [9.17, 15) is 4.79 Å². The van der Waals surface area contributed by atoms with Crippen LogP contribution in [0, 0.1) is 17.2 Å². The highest BCUT2D eigenvalue weighted by atomic mass is 127. The normalized spacial score (nSPS) is 25.3. The van der Waals surface area contributed by atoms with Crippen molar-refractivity contribution in [3.8, 4) is 6.07 Å². The number of nitriles is 1. The van der Waals surface area contributed by atoms with Gasteiger partial charge in [-0.05, 0) is 20.8 Å². The number of nitrogens with zero attached hydrogens (tertiary/aromatic N) is 2. The van der Waals surface area contributed by atoms with E-state index in [-0.39, 0.29) is 18.1 Å². The summed E-state index contributed by atoms with van der Waals surface area (Å²) in [5.41, 5.74) is -0.511. The molecular weight excluding hydrogens is 323 g/mol. The SMILES string of the molecule is CC(C)(C)OC(=O)N1CC(C#N)C(OI)C1. The third-order valence-corrected chi connectivity index (χ3v) is 2.85. The second-order valence-electron chi connectivity index (χ2n) is 4.75. The van der Waals surface area contributed by atoms with Crippen LogP contribution in [0.2, 0.25) is 0 Å². The van der Waals surface area contributed by atoms with Gasteiger partial charge in [0.1, 0.15) is 34.7 Å². The zero-order valence-corrected chi connectivity index (χ0v) is 11.7. The van der Waals surface area contributed by atoms with Crippen LogP contribution in [0.4, 0.5) is 4.79 Å². The van der Waals surface area contributed by atoms with Crippen molar-refractivity contribution in [1.29, 1.82) is 5.26 Å². The van der Waals surface area contributed by atoms with Gasteiger partial charge in [0, 0.05) is 6.54 Å². The molecule has 2 atom stereocenters. The maximum atomic E-state index is 11.7. The predicted molar refractivity (Wildman–Crippen MR) is 65.8 cm³/mol. The van der Waals surface area contributed by atoms with Crippen LogP contribution in [-0.2, 0) is 7.80 Å². The molecule has 2 unspecified atom stereocenters. The summed E-state index contributed by atoms with van der Waals surface area (Å²) < 4.78 is 10.4. The van der Waals surface area contributed by atoms with Gasteiger partial charge in [0.15, 0.2) is 0 Å². The highest BCUT2D eigenvalue weighted by molar-refractivity contribution is 14.1. The summed E-state index contributed by atoms with van der Waals surface area (Å²) in [5.74, 6) is -0.274. The van der Waals surface area contributed by atoms with Crippen LogP contribution in [-0.4, -0.2) is 35.8 Å². The van der Waals surface area contributed by atoms with E-state index in [4.69, 9.17) is 13.1 Å². The third-order valence-electron chi connectivity index (χ3n) is 2.20. The molecule has 0 aromatic heterocycles. The maximum absolute atomic E-state index is 11.7. The van der Waals surface area contributed by atoms with E-state index in [0.717, 1.165) is 0 Å². The molecule has 6 heteroatoms. The van der Waals surface area contributed by atoms with E-state index in [1.54, 1.807) is 23.0 Å². The summed E-state index contributed by atoms with van der Waals surface area (Å²) >= 11 is 1.76. The van der Waals surface area contributed by atoms with E-state index < -0.39 is 5.60 Å². The van der Waals surface area contributed by atoms with Gasteiger partial charge in [-0.25, -0.2) is 4.79 Å².